The molecule has 1 radical (unpaired) electrons. The Morgan fingerprint density at radius 2 is 2.05 bits per heavy atom. The Morgan fingerprint density at radius 3 is 2.59 bits per heavy atom. The number of carbonyl (C=O) groups is 1. The molecule has 0 saturated heterocycles. The maximum Gasteiger partial charge on any atom is 0.416 e. The van der Waals surface area contributed by atoms with Gasteiger partial charge in [-0.2, -0.15) is 13.2 Å². The lowest BCUT2D eigenvalue weighted by atomic mass is 9.98. The average molecular weight is 391 g/mol. The molecule has 2 rings (SSSR count). The molecule has 1 atom stereocenters. The summed E-state index contributed by atoms with van der Waals surface area (Å²) in [4.78, 5) is 12.6. The molecule has 0 bridgehead atoms. The van der Waals surface area contributed by atoms with E-state index in [1.54, 1.807) is 18.4 Å². The highest BCUT2D eigenvalue weighted by atomic mass is 79.9. The average Bonchev–Trinajstić information content (AvgIpc) is 2.90. The molecule has 0 spiro atoms. The van der Waals surface area contributed by atoms with Crippen molar-refractivity contribution in [2.75, 3.05) is 0 Å². The largest absolute Gasteiger partial charge is 0.416 e. The highest BCUT2D eigenvalue weighted by Gasteiger charge is 2.35. The molecule has 0 saturated carbocycles. The van der Waals surface area contributed by atoms with Gasteiger partial charge >= 0.3 is 6.18 Å². The van der Waals surface area contributed by atoms with Crippen LogP contribution in [-0.4, -0.2) is 5.91 Å². The maximum atomic E-state index is 13.1. The highest BCUT2D eigenvalue weighted by Crippen LogP contribution is 2.35. The van der Waals surface area contributed by atoms with Crippen LogP contribution >= 0.6 is 27.3 Å². The molecule has 1 aromatic heterocycles. The lowest BCUT2D eigenvalue weighted by Crippen LogP contribution is -2.29. The minimum absolute atomic E-state index is 0.0291. The van der Waals surface area contributed by atoms with Gasteiger partial charge in [0.25, 0.3) is 5.91 Å². The zero-order valence-corrected chi connectivity index (χ0v) is 13.8. The van der Waals surface area contributed by atoms with E-state index in [2.05, 4.69) is 21.2 Å². The van der Waals surface area contributed by atoms with Crippen LogP contribution in [0.15, 0.2) is 40.2 Å². The Morgan fingerprint density at radius 1 is 1.36 bits per heavy atom. The molecule has 0 aliphatic heterocycles. The normalized spacial score (nSPS) is 13.0. The first-order valence-electron chi connectivity index (χ1n) is 6.33. The van der Waals surface area contributed by atoms with E-state index in [9.17, 15) is 18.0 Å². The molecule has 7 heteroatoms. The van der Waals surface area contributed by atoms with Crippen LogP contribution in [-0.2, 0) is 6.18 Å². The fourth-order valence-corrected chi connectivity index (χ4v) is 3.34. The van der Waals surface area contributed by atoms with Gasteiger partial charge in [-0.15, -0.1) is 11.3 Å². The molecule has 117 valence electrons. The summed E-state index contributed by atoms with van der Waals surface area (Å²) < 4.78 is 40.0. The molecule has 22 heavy (non-hydrogen) atoms. The maximum absolute atomic E-state index is 13.1. The molecule has 0 aliphatic rings. The van der Waals surface area contributed by atoms with Gasteiger partial charge in [-0.3, -0.25) is 4.79 Å². The van der Waals surface area contributed by atoms with Crippen LogP contribution in [0, 0.1) is 6.42 Å². The Hall–Kier alpha value is -1.34. The standard InChI is InChI=1S/C15H12BrF3NOS/c1-2-12(20-14(21)13-7-9(16)8-22-13)10-5-3-4-6-11(10)15(17,18)19/h2-8,12H,1H3,(H,20,21). The lowest BCUT2D eigenvalue weighted by Gasteiger charge is -2.21. The third-order valence-corrected chi connectivity index (χ3v) is 4.70. The molecule has 0 aliphatic carbocycles. The van der Waals surface area contributed by atoms with Gasteiger partial charge in [0.15, 0.2) is 0 Å². The van der Waals surface area contributed by atoms with Crippen LogP contribution in [0.2, 0.25) is 0 Å². The summed E-state index contributed by atoms with van der Waals surface area (Å²) in [7, 11) is 0. The first-order valence-corrected chi connectivity index (χ1v) is 8.00. The molecule has 1 N–H and O–H groups in total. The third kappa shape index (κ3) is 3.89. The summed E-state index contributed by atoms with van der Waals surface area (Å²) in [5, 5.41) is 4.36. The van der Waals surface area contributed by atoms with Crippen molar-refractivity contribution in [2.45, 2.75) is 19.1 Å². The fraction of sp³-hybridized carbons (Fsp3) is 0.200. The van der Waals surface area contributed by atoms with Crippen molar-refractivity contribution in [3.63, 3.8) is 0 Å². The van der Waals surface area contributed by atoms with E-state index >= 15 is 0 Å². The van der Waals surface area contributed by atoms with Crippen molar-refractivity contribution in [1.29, 1.82) is 0 Å². The minimum Gasteiger partial charge on any atom is -0.344 e. The first kappa shape index (κ1) is 17.0. The molecule has 2 nitrogen and oxygen atoms in total. The SMILES string of the molecule is C[CH]C(NC(=O)c1cc(Br)cs1)c1ccccc1C(F)(F)F. The van der Waals surface area contributed by atoms with Crippen molar-refractivity contribution in [3.8, 4) is 0 Å². The van der Waals surface area contributed by atoms with E-state index in [1.165, 1.54) is 36.0 Å². The molecule has 1 heterocycles. The number of halogens is 4. The summed E-state index contributed by atoms with van der Waals surface area (Å²) in [6, 6.07) is 6.05. The van der Waals surface area contributed by atoms with E-state index in [4.69, 9.17) is 0 Å². The Labute approximate surface area is 138 Å². The van der Waals surface area contributed by atoms with Crippen molar-refractivity contribution in [2.24, 2.45) is 0 Å². The summed E-state index contributed by atoms with van der Waals surface area (Å²) >= 11 is 4.46. The number of hydrogen-bond acceptors (Lipinski definition) is 2. The Balaban J connectivity index is 2.28. The molecule has 1 aromatic carbocycles. The minimum atomic E-state index is -4.46. The smallest absolute Gasteiger partial charge is 0.344 e. The van der Waals surface area contributed by atoms with Crippen LogP contribution < -0.4 is 5.32 Å². The number of alkyl halides is 3. The van der Waals surface area contributed by atoms with Gasteiger partial charge in [0.05, 0.1) is 16.5 Å². The number of rotatable bonds is 4. The van der Waals surface area contributed by atoms with Gasteiger partial charge in [0, 0.05) is 9.85 Å². The fourth-order valence-electron chi connectivity index (χ4n) is 2.01. The van der Waals surface area contributed by atoms with E-state index in [1.807, 2.05) is 0 Å². The molecule has 1 unspecified atom stereocenters. The van der Waals surface area contributed by atoms with E-state index < -0.39 is 23.7 Å². The predicted molar refractivity (Wildman–Crippen MR) is 83.6 cm³/mol. The van der Waals surface area contributed by atoms with E-state index in [0.717, 1.165) is 10.5 Å². The lowest BCUT2D eigenvalue weighted by molar-refractivity contribution is -0.138. The van der Waals surface area contributed by atoms with Crippen LogP contribution in [0.1, 0.15) is 33.8 Å². The quantitative estimate of drug-likeness (QED) is 0.761. The zero-order chi connectivity index (χ0) is 16.3. The Kier molecular flexibility index (Phi) is 5.28. The number of thiophene rings is 1. The van der Waals surface area contributed by atoms with Gasteiger partial charge in [-0.05, 0) is 40.0 Å². The third-order valence-electron chi connectivity index (χ3n) is 3.01. The van der Waals surface area contributed by atoms with E-state index in [0.29, 0.717) is 4.88 Å². The summed E-state index contributed by atoms with van der Waals surface area (Å²) in [5.41, 5.74) is -0.716. The van der Waals surface area contributed by atoms with Crippen LogP contribution in [0.5, 0.6) is 0 Å². The second kappa shape index (κ2) is 6.83. The molecule has 1 amide bonds. The second-order valence-corrected chi connectivity index (χ2v) is 6.33. The van der Waals surface area contributed by atoms with Crippen LogP contribution in [0.3, 0.4) is 0 Å². The predicted octanol–water partition coefficient (Wildman–Crippen LogP) is 5.22. The highest BCUT2D eigenvalue weighted by molar-refractivity contribution is 9.10. The number of amides is 1. The zero-order valence-electron chi connectivity index (χ0n) is 11.4. The van der Waals surface area contributed by atoms with Gasteiger partial charge in [0.1, 0.15) is 0 Å². The molecule has 0 fully saturated rings. The van der Waals surface area contributed by atoms with Crippen molar-refractivity contribution < 1.29 is 18.0 Å². The summed E-state index contributed by atoms with van der Waals surface area (Å²) in [6.45, 7) is 1.61. The van der Waals surface area contributed by atoms with Crippen molar-refractivity contribution in [1.82, 2.24) is 5.32 Å². The number of benzene rings is 1. The molecule has 2 aromatic rings. The topological polar surface area (TPSA) is 29.1 Å². The molecular weight excluding hydrogens is 379 g/mol. The number of nitrogens with one attached hydrogen (secondary N) is 1. The summed E-state index contributed by atoms with van der Waals surface area (Å²) in [6.07, 6.45) is -2.93. The van der Waals surface area contributed by atoms with Crippen molar-refractivity contribution >= 4 is 33.2 Å². The van der Waals surface area contributed by atoms with Gasteiger partial charge in [-0.1, -0.05) is 25.1 Å². The Bertz CT molecular complexity index is 669. The summed E-state index contributed by atoms with van der Waals surface area (Å²) in [5.74, 6) is -0.407. The van der Waals surface area contributed by atoms with Crippen LogP contribution in [0.25, 0.3) is 0 Å². The van der Waals surface area contributed by atoms with Gasteiger partial charge < -0.3 is 5.32 Å². The monoisotopic (exact) mass is 390 g/mol. The van der Waals surface area contributed by atoms with E-state index in [-0.39, 0.29) is 5.56 Å². The van der Waals surface area contributed by atoms with Gasteiger partial charge in [0.2, 0.25) is 0 Å². The molecular formula is C15H12BrF3NOS. The van der Waals surface area contributed by atoms with Crippen molar-refractivity contribution in [3.05, 3.63) is 62.6 Å². The second-order valence-electron chi connectivity index (χ2n) is 4.50. The number of carbonyl (C=O) groups excluding carboxylic acids is 1. The number of hydrogen-bond donors (Lipinski definition) is 1. The van der Waals surface area contributed by atoms with Crippen LogP contribution in [0.4, 0.5) is 13.2 Å². The van der Waals surface area contributed by atoms with Gasteiger partial charge in [-0.25, -0.2) is 0 Å². The first-order chi connectivity index (χ1) is 10.3.